The zero-order chi connectivity index (χ0) is 20.9. The van der Waals surface area contributed by atoms with E-state index in [1.807, 2.05) is 22.9 Å². The smallest absolute Gasteiger partial charge is 0.227 e. The first-order valence-electron chi connectivity index (χ1n) is 8.75. The van der Waals surface area contributed by atoms with E-state index in [1.165, 1.54) is 11.8 Å². The number of hydrogen-bond donors (Lipinski definition) is 1. The molecule has 1 N–H and O–H groups in total. The Kier molecular flexibility index (Phi) is 6.50. The van der Waals surface area contributed by atoms with Crippen LogP contribution in [0.2, 0.25) is 0 Å². The number of benzene rings is 1. The zero-order valence-corrected chi connectivity index (χ0v) is 17.8. The lowest BCUT2D eigenvalue weighted by Gasteiger charge is -2.04. The highest BCUT2D eigenvalue weighted by Gasteiger charge is 2.12. The Hall–Kier alpha value is -2.63. The summed E-state index contributed by atoms with van der Waals surface area (Å²) in [7, 11) is 0. The molecule has 0 bridgehead atoms. The fourth-order valence-electron chi connectivity index (χ4n) is 2.51. The van der Waals surface area contributed by atoms with E-state index in [-0.39, 0.29) is 18.5 Å². The van der Waals surface area contributed by atoms with E-state index in [0.717, 1.165) is 33.1 Å². The predicted molar refractivity (Wildman–Crippen MR) is 113 cm³/mol. The highest BCUT2D eigenvalue weighted by atomic mass is 32.2. The minimum absolute atomic E-state index is 0.0452. The normalized spacial score (nSPS) is 11.0. The molecule has 0 aliphatic heterocycles. The molecule has 0 aliphatic rings. The van der Waals surface area contributed by atoms with E-state index >= 15 is 0 Å². The molecule has 6 nitrogen and oxygen atoms in total. The highest BCUT2D eigenvalue weighted by Crippen LogP contribution is 2.31. The van der Waals surface area contributed by atoms with Gasteiger partial charge in [-0.25, -0.2) is 13.8 Å². The second-order valence-corrected chi connectivity index (χ2v) is 9.10. The number of nitrogens with zero attached hydrogens (tertiary/aromatic N) is 3. The second-order valence-electron chi connectivity index (χ2n) is 6.08. The average molecular weight is 465 g/mol. The van der Waals surface area contributed by atoms with Crippen molar-refractivity contribution in [1.82, 2.24) is 15.1 Å². The van der Waals surface area contributed by atoms with Crippen LogP contribution in [0.3, 0.4) is 0 Å². The molecule has 1 aromatic carbocycles. The summed E-state index contributed by atoms with van der Waals surface area (Å²) in [6.07, 6.45) is 0.268. The number of thiazole rings is 1. The maximum absolute atomic E-state index is 13.2. The van der Waals surface area contributed by atoms with E-state index in [2.05, 4.69) is 20.4 Å². The van der Waals surface area contributed by atoms with Crippen LogP contribution in [0.5, 0.6) is 0 Å². The van der Waals surface area contributed by atoms with Crippen LogP contribution in [0.4, 0.5) is 14.5 Å². The summed E-state index contributed by atoms with van der Waals surface area (Å²) in [5.74, 6) is -0.590. The average Bonchev–Trinajstić information content (AvgIpc) is 3.45. The molecule has 0 atom stereocenters. The summed E-state index contributed by atoms with van der Waals surface area (Å²) in [4.78, 5) is 21.9. The van der Waals surface area contributed by atoms with E-state index in [9.17, 15) is 13.6 Å². The zero-order valence-electron chi connectivity index (χ0n) is 15.3. The number of amides is 1. The van der Waals surface area contributed by atoms with Gasteiger partial charge in [0.05, 0.1) is 16.3 Å². The molecule has 4 aromatic rings. The number of aryl methyl sites for hydroxylation is 1. The van der Waals surface area contributed by atoms with Gasteiger partial charge in [-0.1, -0.05) is 23.0 Å². The van der Waals surface area contributed by atoms with Crippen molar-refractivity contribution < 1.29 is 18.1 Å². The molecule has 0 fully saturated rings. The number of thiophene rings is 1. The molecule has 0 radical (unpaired) electrons. The fraction of sp³-hybridized carbons (Fsp3) is 0.158. The van der Waals surface area contributed by atoms with E-state index in [1.54, 1.807) is 22.7 Å². The Morgan fingerprint density at radius 2 is 2.00 bits per heavy atom. The molecule has 0 saturated heterocycles. The highest BCUT2D eigenvalue weighted by molar-refractivity contribution is 8.00. The van der Waals surface area contributed by atoms with Crippen molar-refractivity contribution in [1.29, 1.82) is 0 Å². The van der Waals surface area contributed by atoms with E-state index in [4.69, 9.17) is 4.52 Å². The van der Waals surface area contributed by atoms with Gasteiger partial charge in [-0.15, -0.1) is 22.7 Å². The quantitative estimate of drug-likeness (QED) is 0.352. The van der Waals surface area contributed by atoms with Crippen molar-refractivity contribution in [3.8, 4) is 10.6 Å². The van der Waals surface area contributed by atoms with Crippen molar-refractivity contribution in [2.24, 2.45) is 0 Å². The molecular formula is C19H14F2N4O2S3. The summed E-state index contributed by atoms with van der Waals surface area (Å²) in [6, 6.07) is 6.85. The van der Waals surface area contributed by atoms with Crippen molar-refractivity contribution >= 4 is 46.0 Å². The monoisotopic (exact) mass is 464 g/mol. The van der Waals surface area contributed by atoms with Gasteiger partial charge in [-0.05, 0) is 23.6 Å². The minimum atomic E-state index is -0.757. The van der Waals surface area contributed by atoms with Crippen molar-refractivity contribution in [3.63, 3.8) is 0 Å². The van der Waals surface area contributed by atoms with Crippen molar-refractivity contribution in [2.75, 3.05) is 5.32 Å². The standard InChI is InChI=1S/C19H14F2N4O2S3/c20-11-6-12(21)8-13(7-11)22-17(26)3-4-18-24-16(25-27-18)10-30-19-23-14(9-29-19)15-2-1-5-28-15/h1-2,5-9H,3-4,10H2,(H,22,26). The third-order valence-electron chi connectivity index (χ3n) is 3.80. The number of anilines is 1. The number of thioether (sulfide) groups is 1. The Bertz CT molecular complexity index is 1120. The second kappa shape index (κ2) is 9.45. The molecule has 0 saturated carbocycles. The number of aromatic nitrogens is 3. The Morgan fingerprint density at radius 3 is 2.77 bits per heavy atom. The van der Waals surface area contributed by atoms with Crippen LogP contribution in [0.25, 0.3) is 10.6 Å². The van der Waals surface area contributed by atoms with Gasteiger partial charge in [0.15, 0.2) is 10.2 Å². The van der Waals surface area contributed by atoms with Gasteiger partial charge in [0.2, 0.25) is 11.8 Å². The molecule has 4 rings (SSSR count). The molecule has 0 spiro atoms. The van der Waals surface area contributed by atoms with Gasteiger partial charge >= 0.3 is 0 Å². The van der Waals surface area contributed by atoms with Gasteiger partial charge in [0.1, 0.15) is 11.6 Å². The van der Waals surface area contributed by atoms with E-state index in [0.29, 0.717) is 17.5 Å². The molecule has 154 valence electrons. The number of halogens is 2. The van der Waals surface area contributed by atoms with Crippen molar-refractivity contribution in [2.45, 2.75) is 22.9 Å². The lowest BCUT2D eigenvalue weighted by Crippen LogP contribution is -2.12. The summed E-state index contributed by atoms with van der Waals surface area (Å²) >= 11 is 4.71. The van der Waals surface area contributed by atoms with Crippen LogP contribution in [-0.2, 0) is 17.0 Å². The van der Waals surface area contributed by atoms with Gasteiger partial charge in [-0.2, -0.15) is 4.98 Å². The SMILES string of the molecule is O=C(CCc1nc(CSc2nc(-c3cccs3)cs2)no1)Nc1cc(F)cc(F)c1. The third kappa shape index (κ3) is 5.49. The summed E-state index contributed by atoms with van der Waals surface area (Å²) in [5, 5.41) is 10.4. The van der Waals surface area contributed by atoms with Crippen LogP contribution < -0.4 is 5.32 Å². The Balaban J connectivity index is 1.25. The Morgan fingerprint density at radius 1 is 1.17 bits per heavy atom. The van der Waals surface area contributed by atoms with Gasteiger partial charge in [-0.3, -0.25) is 4.79 Å². The van der Waals surface area contributed by atoms with Gasteiger partial charge in [0.25, 0.3) is 0 Å². The lowest BCUT2D eigenvalue weighted by molar-refractivity contribution is -0.116. The number of carbonyl (C=O) groups excluding carboxylic acids is 1. The van der Waals surface area contributed by atoms with Crippen molar-refractivity contribution in [3.05, 3.63) is 64.4 Å². The first-order chi connectivity index (χ1) is 14.5. The van der Waals surface area contributed by atoms with Gasteiger partial charge < -0.3 is 9.84 Å². The molecule has 11 heteroatoms. The number of rotatable bonds is 8. The molecule has 1 amide bonds. The van der Waals surface area contributed by atoms with Crippen LogP contribution in [0.1, 0.15) is 18.1 Å². The Labute approximate surface area is 182 Å². The van der Waals surface area contributed by atoms with Crippen LogP contribution in [0.15, 0.2) is 50.0 Å². The first-order valence-corrected chi connectivity index (χ1v) is 11.5. The molecule has 0 aliphatic carbocycles. The summed E-state index contributed by atoms with van der Waals surface area (Å²) < 4.78 is 32.4. The first kappa shape index (κ1) is 20.6. The number of hydrogen-bond acceptors (Lipinski definition) is 8. The molecule has 30 heavy (non-hydrogen) atoms. The minimum Gasteiger partial charge on any atom is -0.339 e. The molecule has 0 unspecified atom stereocenters. The van der Waals surface area contributed by atoms with Gasteiger partial charge in [0, 0.05) is 30.0 Å². The summed E-state index contributed by atoms with van der Waals surface area (Å²) in [6.45, 7) is 0. The lowest BCUT2D eigenvalue weighted by atomic mass is 10.2. The maximum atomic E-state index is 13.2. The predicted octanol–water partition coefficient (Wildman–Crippen LogP) is 5.40. The largest absolute Gasteiger partial charge is 0.339 e. The van der Waals surface area contributed by atoms with Crippen LogP contribution in [-0.4, -0.2) is 21.0 Å². The number of carbonyl (C=O) groups is 1. The topological polar surface area (TPSA) is 80.9 Å². The van der Waals surface area contributed by atoms with Crippen LogP contribution in [0, 0.1) is 11.6 Å². The fourth-order valence-corrected chi connectivity index (χ4v) is 4.94. The molecule has 3 heterocycles. The molecule has 3 aromatic heterocycles. The third-order valence-corrected chi connectivity index (χ3v) is 6.71. The summed E-state index contributed by atoms with van der Waals surface area (Å²) in [5.41, 5.74) is 1.01. The van der Waals surface area contributed by atoms with Crippen LogP contribution >= 0.6 is 34.4 Å². The number of nitrogens with one attached hydrogen (secondary N) is 1. The maximum Gasteiger partial charge on any atom is 0.227 e. The molecular weight excluding hydrogens is 450 g/mol. The van der Waals surface area contributed by atoms with E-state index < -0.39 is 17.5 Å².